The normalized spacial score (nSPS) is 17.2. The Labute approximate surface area is 175 Å². The van der Waals surface area contributed by atoms with Gasteiger partial charge in [0.2, 0.25) is 5.91 Å². The Morgan fingerprint density at radius 2 is 1.86 bits per heavy atom. The maximum atomic E-state index is 12.7. The van der Waals surface area contributed by atoms with E-state index in [-0.39, 0.29) is 17.2 Å². The number of carbonyl (C=O) groups is 1. The van der Waals surface area contributed by atoms with E-state index in [0.717, 1.165) is 16.8 Å². The van der Waals surface area contributed by atoms with E-state index in [1.54, 1.807) is 11.0 Å². The number of aryl methyl sites for hydroxylation is 1. The molecule has 1 aliphatic heterocycles. The lowest BCUT2D eigenvalue weighted by Crippen LogP contribution is -2.25. The minimum Gasteiger partial charge on any atom is -0.334 e. The van der Waals surface area contributed by atoms with Crippen LogP contribution in [0, 0.1) is 6.92 Å². The van der Waals surface area contributed by atoms with Crippen LogP contribution in [0.3, 0.4) is 0 Å². The SMILES string of the molecule is Cc1cccc(Cl)c1N1CC(c2noc(-c3ccc(C(C)(C)C)cc3)n2)CC1=O. The van der Waals surface area contributed by atoms with E-state index in [1.165, 1.54) is 5.56 Å². The van der Waals surface area contributed by atoms with E-state index in [2.05, 4.69) is 43.0 Å². The molecule has 1 aromatic heterocycles. The standard InChI is InChI=1S/C23H24ClN3O2/c1-14-6-5-7-18(24)20(14)27-13-16(12-19(27)28)21-25-22(29-26-21)15-8-10-17(11-9-15)23(2,3)4/h5-11,16H,12-13H2,1-4H3. The van der Waals surface area contributed by atoms with Crippen molar-refractivity contribution in [2.45, 2.75) is 45.4 Å². The maximum Gasteiger partial charge on any atom is 0.257 e. The van der Waals surface area contributed by atoms with Gasteiger partial charge in [0.05, 0.1) is 10.7 Å². The zero-order valence-corrected chi connectivity index (χ0v) is 17.8. The number of benzene rings is 2. The first-order valence-corrected chi connectivity index (χ1v) is 10.1. The Hall–Kier alpha value is -2.66. The van der Waals surface area contributed by atoms with Crippen molar-refractivity contribution in [3.63, 3.8) is 0 Å². The zero-order chi connectivity index (χ0) is 20.8. The van der Waals surface area contributed by atoms with Gasteiger partial charge >= 0.3 is 0 Å². The number of hydrogen-bond acceptors (Lipinski definition) is 4. The summed E-state index contributed by atoms with van der Waals surface area (Å²) in [6, 6.07) is 13.8. The highest BCUT2D eigenvalue weighted by molar-refractivity contribution is 6.34. The first-order chi connectivity index (χ1) is 13.7. The summed E-state index contributed by atoms with van der Waals surface area (Å²) in [4.78, 5) is 19.0. The van der Waals surface area contributed by atoms with Crippen molar-refractivity contribution >= 4 is 23.2 Å². The molecule has 3 aromatic rings. The molecule has 0 N–H and O–H groups in total. The highest BCUT2D eigenvalue weighted by Gasteiger charge is 2.36. The van der Waals surface area contributed by atoms with Crippen LogP contribution in [0.15, 0.2) is 47.0 Å². The molecule has 0 radical (unpaired) electrons. The fraction of sp³-hybridized carbons (Fsp3) is 0.348. The summed E-state index contributed by atoms with van der Waals surface area (Å²) in [6.07, 6.45) is 0.340. The molecule has 1 unspecified atom stereocenters. The second-order valence-electron chi connectivity index (χ2n) is 8.60. The van der Waals surface area contributed by atoms with Crippen molar-refractivity contribution in [2.24, 2.45) is 0 Å². The average Bonchev–Trinajstić information content (AvgIpc) is 3.29. The van der Waals surface area contributed by atoms with Gasteiger partial charge in [0.1, 0.15) is 0 Å². The van der Waals surface area contributed by atoms with Gasteiger partial charge in [-0.3, -0.25) is 4.79 Å². The number of halogens is 1. The van der Waals surface area contributed by atoms with E-state index < -0.39 is 0 Å². The third kappa shape index (κ3) is 3.79. The second kappa shape index (κ2) is 7.30. The average molecular weight is 410 g/mol. The fourth-order valence-electron chi connectivity index (χ4n) is 3.69. The largest absolute Gasteiger partial charge is 0.334 e. The highest BCUT2D eigenvalue weighted by atomic mass is 35.5. The number of rotatable bonds is 3. The Morgan fingerprint density at radius 1 is 1.14 bits per heavy atom. The summed E-state index contributed by atoms with van der Waals surface area (Å²) in [5, 5.41) is 4.73. The molecule has 2 aromatic carbocycles. The van der Waals surface area contributed by atoms with Crippen LogP contribution in [-0.2, 0) is 10.2 Å². The minimum atomic E-state index is -0.121. The van der Waals surface area contributed by atoms with E-state index in [1.807, 2.05) is 31.2 Å². The second-order valence-corrected chi connectivity index (χ2v) is 9.00. The summed E-state index contributed by atoms with van der Waals surface area (Å²) < 4.78 is 5.50. The van der Waals surface area contributed by atoms with Gasteiger partial charge in [-0.1, -0.05) is 61.8 Å². The number of aromatic nitrogens is 2. The molecule has 1 saturated heterocycles. The number of hydrogen-bond donors (Lipinski definition) is 0. The molecule has 0 bridgehead atoms. The van der Waals surface area contributed by atoms with Gasteiger partial charge in [-0.05, 0) is 41.7 Å². The number of nitrogens with zero attached hydrogens (tertiary/aromatic N) is 3. The first kappa shape index (κ1) is 19.6. The molecule has 6 heteroatoms. The van der Waals surface area contributed by atoms with Crippen LogP contribution in [-0.4, -0.2) is 22.6 Å². The number of amides is 1. The van der Waals surface area contributed by atoms with Gasteiger partial charge in [0.25, 0.3) is 5.89 Å². The van der Waals surface area contributed by atoms with Crippen molar-refractivity contribution in [2.75, 3.05) is 11.4 Å². The molecule has 1 aliphatic rings. The van der Waals surface area contributed by atoms with E-state index in [0.29, 0.717) is 29.7 Å². The van der Waals surface area contributed by atoms with Gasteiger partial charge < -0.3 is 9.42 Å². The smallest absolute Gasteiger partial charge is 0.257 e. The number of anilines is 1. The molecule has 4 rings (SSSR count). The topological polar surface area (TPSA) is 59.2 Å². The van der Waals surface area contributed by atoms with Gasteiger partial charge in [0, 0.05) is 24.4 Å². The zero-order valence-electron chi connectivity index (χ0n) is 17.1. The van der Waals surface area contributed by atoms with Crippen LogP contribution >= 0.6 is 11.6 Å². The van der Waals surface area contributed by atoms with E-state index in [4.69, 9.17) is 16.1 Å². The fourth-order valence-corrected chi connectivity index (χ4v) is 4.02. The molecule has 0 saturated carbocycles. The third-order valence-electron chi connectivity index (χ3n) is 5.39. The highest BCUT2D eigenvalue weighted by Crippen LogP contribution is 2.37. The Balaban J connectivity index is 1.55. The van der Waals surface area contributed by atoms with Crippen LogP contribution in [0.25, 0.3) is 11.5 Å². The summed E-state index contributed by atoms with van der Waals surface area (Å²) >= 11 is 6.35. The van der Waals surface area contributed by atoms with Crippen molar-refractivity contribution in [1.29, 1.82) is 0 Å². The lowest BCUT2D eigenvalue weighted by Gasteiger charge is -2.20. The van der Waals surface area contributed by atoms with E-state index in [9.17, 15) is 4.79 Å². The molecule has 2 heterocycles. The summed E-state index contributed by atoms with van der Waals surface area (Å²) in [7, 11) is 0. The molecule has 0 spiro atoms. The molecule has 150 valence electrons. The summed E-state index contributed by atoms with van der Waals surface area (Å²) in [6.45, 7) is 8.98. The van der Waals surface area contributed by atoms with Gasteiger partial charge in [-0.25, -0.2) is 0 Å². The lowest BCUT2D eigenvalue weighted by molar-refractivity contribution is -0.117. The molecule has 1 fully saturated rings. The van der Waals surface area contributed by atoms with Gasteiger partial charge in [0.15, 0.2) is 5.82 Å². The maximum absolute atomic E-state index is 12.7. The van der Waals surface area contributed by atoms with Crippen molar-refractivity contribution in [3.8, 4) is 11.5 Å². The minimum absolute atomic E-state index is 0.0204. The van der Waals surface area contributed by atoms with Crippen LogP contribution in [0.1, 0.15) is 50.1 Å². The van der Waals surface area contributed by atoms with Gasteiger partial charge in [-0.15, -0.1) is 0 Å². The van der Waals surface area contributed by atoms with Crippen LogP contribution < -0.4 is 4.90 Å². The number of carbonyl (C=O) groups excluding carboxylic acids is 1. The van der Waals surface area contributed by atoms with Crippen LogP contribution in [0.5, 0.6) is 0 Å². The molecular formula is C23H24ClN3O2. The first-order valence-electron chi connectivity index (χ1n) is 9.74. The quantitative estimate of drug-likeness (QED) is 0.571. The summed E-state index contributed by atoms with van der Waals surface area (Å²) in [5.41, 5.74) is 3.94. The lowest BCUT2D eigenvalue weighted by atomic mass is 9.87. The van der Waals surface area contributed by atoms with Crippen LogP contribution in [0.4, 0.5) is 5.69 Å². The number of para-hydroxylation sites is 1. The van der Waals surface area contributed by atoms with Crippen molar-refractivity contribution in [3.05, 3.63) is 64.4 Å². The molecule has 29 heavy (non-hydrogen) atoms. The monoisotopic (exact) mass is 409 g/mol. The molecular weight excluding hydrogens is 386 g/mol. The molecule has 5 nitrogen and oxygen atoms in total. The van der Waals surface area contributed by atoms with Crippen molar-refractivity contribution in [1.82, 2.24) is 10.1 Å². The van der Waals surface area contributed by atoms with Gasteiger partial charge in [-0.2, -0.15) is 4.98 Å². The molecule has 1 amide bonds. The predicted octanol–water partition coefficient (Wildman–Crippen LogP) is 5.52. The third-order valence-corrected chi connectivity index (χ3v) is 5.69. The Morgan fingerprint density at radius 3 is 2.52 bits per heavy atom. The summed E-state index contributed by atoms with van der Waals surface area (Å²) in [5.74, 6) is 0.928. The van der Waals surface area contributed by atoms with Crippen molar-refractivity contribution < 1.29 is 9.32 Å². The molecule has 1 atom stereocenters. The van der Waals surface area contributed by atoms with Crippen LogP contribution in [0.2, 0.25) is 5.02 Å². The Kier molecular flexibility index (Phi) is 4.95. The van der Waals surface area contributed by atoms with E-state index >= 15 is 0 Å². The predicted molar refractivity (Wildman–Crippen MR) is 114 cm³/mol. The molecule has 0 aliphatic carbocycles. The Bertz CT molecular complexity index is 1030.